The second-order valence-corrected chi connectivity index (χ2v) is 6.59. The molecule has 21 heavy (non-hydrogen) atoms. The highest BCUT2D eigenvalue weighted by Gasteiger charge is 2.20. The lowest BCUT2D eigenvalue weighted by Gasteiger charge is -2.19. The first-order valence-electron chi connectivity index (χ1n) is 8.40. The maximum absolute atomic E-state index is 5.84. The van der Waals surface area contributed by atoms with Crippen LogP contribution in [0.4, 0.5) is 0 Å². The smallest absolute Gasteiger partial charge is 0.0716 e. The minimum atomic E-state index is 0.737. The summed E-state index contributed by atoms with van der Waals surface area (Å²) >= 11 is 0. The lowest BCUT2D eigenvalue weighted by Crippen LogP contribution is -2.26. The van der Waals surface area contributed by atoms with Gasteiger partial charge >= 0.3 is 0 Å². The van der Waals surface area contributed by atoms with Crippen LogP contribution in [0, 0.1) is 0 Å². The molecule has 116 valence electrons. The molecule has 0 radical (unpaired) electrons. The summed E-state index contributed by atoms with van der Waals surface area (Å²) in [5.41, 5.74) is 2.66. The summed E-state index contributed by atoms with van der Waals surface area (Å²) < 4.78 is 5.84. The molecule has 1 unspecified atom stereocenters. The Bertz CT molecular complexity index is 427. The molecule has 3 rings (SSSR count). The first kappa shape index (κ1) is 15.0. The summed E-state index contributed by atoms with van der Waals surface area (Å²) in [6.45, 7) is 3.87. The van der Waals surface area contributed by atoms with Crippen molar-refractivity contribution in [2.75, 3.05) is 20.2 Å². The van der Waals surface area contributed by atoms with Gasteiger partial charge in [0.15, 0.2) is 0 Å². The van der Waals surface area contributed by atoms with Crippen LogP contribution >= 0.6 is 0 Å². The summed E-state index contributed by atoms with van der Waals surface area (Å²) in [6, 6.07) is 10.4. The Morgan fingerprint density at radius 3 is 2.57 bits per heavy atom. The van der Waals surface area contributed by atoms with E-state index in [0.29, 0.717) is 0 Å². The van der Waals surface area contributed by atoms with Crippen molar-refractivity contribution >= 4 is 0 Å². The number of nitrogens with zero attached hydrogens (tertiary/aromatic N) is 1. The minimum absolute atomic E-state index is 0.737. The number of rotatable bonds is 8. The fourth-order valence-corrected chi connectivity index (χ4v) is 3.06. The molecule has 0 bridgehead atoms. The van der Waals surface area contributed by atoms with Crippen molar-refractivity contribution in [3.05, 3.63) is 35.4 Å². The van der Waals surface area contributed by atoms with Crippen molar-refractivity contribution in [3.63, 3.8) is 0 Å². The van der Waals surface area contributed by atoms with E-state index in [1.807, 2.05) is 0 Å². The van der Waals surface area contributed by atoms with Gasteiger partial charge in [-0.3, -0.25) is 0 Å². The summed E-state index contributed by atoms with van der Waals surface area (Å²) in [5, 5.41) is 3.54. The van der Waals surface area contributed by atoms with Gasteiger partial charge in [0.2, 0.25) is 0 Å². The molecule has 0 amide bonds. The Balaban J connectivity index is 1.32. The predicted molar refractivity (Wildman–Crippen MR) is 86.2 cm³/mol. The van der Waals surface area contributed by atoms with E-state index in [9.17, 15) is 0 Å². The Morgan fingerprint density at radius 1 is 1.14 bits per heavy atom. The lowest BCUT2D eigenvalue weighted by atomic mass is 10.1. The standard InChI is InChI=1S/C18H28N2O/c1-20-11-2-3-18(20)10-12-21-14-16-6-4-15(5-7-16)13-19-17-8-9-17/h4-7,17-19H,2-3,8-14H2,1H3. The van der Waals surface area contributed by atoms with E-state index in [1.54, 1.807) is 0 Å². The van der Waals surface area contributed by atoms with Gasteiger partial charge < -0.3 is 15.0 Å². The monoisotopic (exact) mass is 288 g/mol. The predicted octanol–water partition coefficient (Wildman–Crippen LogP) is 2.94. The Hall–Kier alpha value is -0.900. The van der Waals surface area contributed by atoms with Crippen LogP contribution in [-0.4, -0.2) is 37.2 Å². The molecule has 2 fully saturated rings. The molecule has 1 atom stereocenters. The van der Waals surface area contributed by atoms with Crippen LogP contribution in [0.25, 0.3) is 0 Å². The average Bonchev–Trinajstić information content (AvgIpc) is 3.25. The Labute approximate surface area is 128 Å². The number of benzene rings is 1. The third kappa shape index (κ3) is 4.80. The lowest BCUT2D eigenvalue weighted by molar-refractivity contribution is 0.101. The molecular weight excluding hydrogens is 260 g/mol. The van der Waals surface area contributed by atoms with Gasteiger partial charge in [-0.25, -0.2) is 0 Å². The van der Waals surface area contributed by atoms with Gasteiger partial charge in [-0.15, -0.1) is 0 Å². The molecule has 0 aromatic heterocycles. The van der Waals surface area contributed by atoms with Gasteiger partial charge in [0, 0.05) is 25.2 Å². The van der Waals surface area contributed by atoms with E-state index >= 15 is 0 Å². The maximum Gasteiger partial charge on any atom is 0.0716 e. The van der Waals surface area contributed by atoms with E-state index in [-0.39, 0.29) is 0 Å². The molecule has 1 aromatic rings. The second-order valence-electron chi connectivity index (χ2n) is 6.59. The van der Waals surface area contributed by atoms with E-state index < -0.39 is 0 Å². The van der Waals surface area contributed by atoms with Crippen molar-refractivity contribution in [1.29, 1.82) is 0 Å². The number of nitrogens with one attached hydrogen (secondary N) is 1. The number of likely N-dealkylation sites (tertiary alicyclic amines) is 1. The summed E-state index contributed by atoms with van der Waals surface area (Å²) in [5.74, 6) is 0. The van der Waals surface area contributed by atoms with Crippen LogP contribution < -0.4 is 5.32 Å². The van der Waals surface area contributed by atoms with Gasteiger partial charge in [0.1, 0.15) is 0 Å². The first-order chi connectivity index (χ1) is 10.3. The molecule has 1 heterocycles. The summed E-state index contributed by atoms with van der Waals surface area (Å²) in [4.78, 5) is 2.46. The SMILES string of the molecule is CN1CCCC1CCOCc1ccc(CNC2CC2)cc1. The largest absolute Gasteiger partial charge is 0.377 e. The molecule has 3 heteroatoms. The highest BCUT2D eigenvalue weighted by Crippen LogP contribution is 2.19. The number of hydrogen-bond acceptors (Lipinski definition) is 3. The zero-order valence-electron chi connectivity index (χ0n) is 13.2. The van der Waals surface area contributed by atoms with Crippen LogP contribution in [0.3, 0.4) is 0 Å². The van der Waals surface area contributed by atoms with Crippen LogP contribution in [0.5, 0.6) is 0 Å². The third-order valence-electron chi connectivity index (χ3n) is 4.73. The van der Waals surface area contributed by atoms with Crippen LogP contribution in [-0.2, 0) is 17.9 Å². The first-order valence-corrected chi connectivity index (χ1v) is 8.40. The van der Waals surface area contributed by atoms with Crippen LogP contribution in [0.15, 0.2) is 24.3 Å². The Kier molecular flexibility index (Phi) is 5.28. The van der Waals surface area contributed by atoms with E-state index in [2.05, 4.69) is 41.5 Å². The summed E-state index contributed by atoms with van der Waals surface area (Å²) in [6.07, 6.45) is 6.55. The third-order valence-corrected chi connectivity index (χ3v) is 4.73. The minimum Gasteiger partial charge on any atom is -0.377 e. The zero-order chi connectivity index (χ0) is 14.5. The van der Waals surface area contributed by atoms with E-state index in [1.165, 1.54) is 49.8 Å². The number of hydrogen-bond donors (Lipinski definition) is 1. The highest BCUT2D eigenvalue weighted by molar-refractivity contribution is 5.22. The van der Waals surface area contributed by atoms with Crippen molar-refractivity contribution in [1.82, 2.24) is 10.2 Å². The van der Waals surface area contributed by atoms with Gasteiger partial charge in [0.25, 0.3) is 0 Å². The van der Waals surface area contributed by atoms with Crippen molar-refractivity contribution < 1.29 is 4.74 Å². The molecular formula is C18H28N2O. The summed E-state index contributed by atoms with van der Waals surface area (Å²) in [7, 11) is 2.23. The highest BCUT2D eigenvalue weighted by atomic mass is 16.5. The van der Waals surface area contributed by atoms with Crippen molar-refractivity contribution in [3.8, 4) is 0 Å². The van der Waals surface area contributed by atoms with Gasteiger partial charge in [-0.05, 0) is 56.8 Å². The normalized spacial score (nSPS) is 22.8. The fourth-order valence-electron chi connectivity index (χ4n) is 3.06. The molecule has 1 aliphatic heterocycles. The average molecular weight is 288 g/mol. The Morgan fingerprint density at radius 2 is 1.90 bits per heavy atom. The zero-order valence-corrected chi connectivity index (χ0v) is 13.2. The van der Waals surface area contributed by atoms with Gasteiger partial charge in [0.05, 0.1) is 6.61 Å². The molecule has 1 N–H and O–H groups in total. The number of ether oxygens (including phenoxy) is 1. The second kappa shape index (κ2) is 7.39. The van der Waals surface area contributed by atoms with E-state index in [0.717, 1.165) is 31.8 Å². The van der Waals surface area contributed by atoms with Gasteiger partial charge in [-0.2, -0.15) is 0 Å². The molecule has 1 saturated carbocycles. The van der Waals surface area contributed by atoms with Crippen molar-refractivity contribution in [2.24, 2.45) is 0 Å². The van der Waals surface area contributed by atoms with E-state index in [4.69, 9.17) is 4.74 Å². The maximum atomic E-state index is 5.84. The topological polar surface area (TPSA) is 24.5 Å². The quantitative estimate of drug-likeness (QED) is 0.744. The van der Waals surface area contributed by atoms with Crippen LogP contribution in [0.1, 0.15) is 43.2 Å². The molecule has 0 spiro atoms. The van der Waals surface area contributed by atoms with Gasteiger partial charge in [-0.1, -0.05) is 24.3 Å². The molecule has 3 nitrogen and oxygen atoms in total. The molecule has 1 aromatic carbocycles. The molecule has 1 aliphatic carbocycles. The van der Waals surface area contributed by atoms with Crippen LogP contribution in [0.2, 0.25) is 0 Å². The van der Waals surface area contributed by atoms with Crippen molar-refractivity contribution in [2.45, 2.75) is 57.3 Å². The molecule has 2 aliphatic rings. The molecule has 1 saturated heterocycles. The fraction of sp³-hybridized carbons (Fsp3) is 0.667.